The van der Waals surface area contributed by atoms with Gasteiger partial charge in [-0.05, 0) is 6.42 Å². The topological polar surface area (TPSA) is 84.1 Å². The Morgan fingerprint density at radius 1 is 1.44 bits per heavy atom. The minimum Gasteiger partial charge on any atom is -0.384 e. The molecule has 1 aromatic heterocycles. The van der Waals surface area contributed by atoms with E-state index in [1.54, 1.807) is 0 Å². The van der Waals surface area contributed by atoms with E-state index in [9.17, 15) is 13.2 Å². The van der Waals surface area contributed by atoms with Crippen LogP contribution in [-0.2, 0) is 6.42 Å². The van der Waals surface area contributed by atoms with E-state index in [1.165, 1.54) is 6.07 Å². The molecule has 1 atom stereocenters. The zero-order chi connectivity index (χ0) is 13.8. The fourth-order valence-electron chi connectivity index (χ4n) is 1.26. The standard InChI is InChI=1S/C10H15F3N4O/c1-2-3-8-16-7(14)4-9(17-8)15-5-6(18)10(11,12)13/h4,6,18H,2-3,5H2,1H3,(H3,14,15,16,17). The van der Waals surface area contributed by atoms with Crippen molar-refractivity contribution in [1.29, 1.82) is 0 Å². The average molecular weight is 264 g/mol. The Labute approximate surface area is 102 Å². The van der Waals surface area contributed by atoms with Crippen LogP contribution in [0.15, 0.2) is 6.07 Å². The van der Waals surface area contributed by atoms with Gasteiger partial charge in [-0.1, -0.05) is 6.92 Å². The molecule has 0 aliphatic carbocycles. The van der Waals surface area contributed by atoms with E-state index in [2.05, 4.69) is 15.3 Å². The van der Waals surface area contributed by atoms with Gasteiger partial charge in [-0.3, -0.25) is 0 Å². The smallest absolute Gasteiger partial charge is 0.384 e. The molecule has 5 nitrogen and oxygen atoms in total. The lowest BCUT2D eigenvalue weighted by atomic mass is 10.3. The van der Waals surface area contributed by atoms with Gasteiger partial charge in [0.2, 0.25) is 0 Å². The highest BCUT2D eigenvalue weighted by atomic mass is 19.4. The van der Waals surface area contributed by atoms with E-state index >= 15 is 0 Å². The molecule has 0 amide bonds. The van der Waals surface area contributed by atoms with Crippen molar-refractivity contribution >= 4 is 11.6 Å². The number of aliphatic hydroxyl groups is 1. The minimum atomic E-state index is -4.65. The van der Waals surface area contributed by atoms with Gasteiger partial charge in [0.1, 0.15) is 17.5 Å². The third-order valence-corrected chi connectivity index (χ3v) is 2.12. The molecule has 0 radical (unpaired) electrons. The molecule has 0 aromatic carbocycles. The highest BCUT2D eigenvalue weighted by molar-refractivity contribution is 5.44. The zero-order valence-electron chi connectivity index (χ0n) is 9.83. The number of aryl methyl sites for hydroxylation is 1. The Kier molecular flexibility index (Phi) is 4.71. The van der Waals surface area contributed by atoms with Crippen LogP contribution in [-0.4, -0.2) is 33.9 Å². The molecule has 1 heterocycles. The highest BCUT2D eigenvalue weighted by Gasteiger charge is 2.37. The summed E-state index contributed by atoms with van der Waals surface area (Å²) in [5, 5.41) is 11.2. The number of halogens is 3. The number of hydrogen-bond acceptors (Lipinski definition) is 5. The number of rotatable bonds is 5. The molecule has 0 saturated carbocycles. The van der Waals surface area contributed by atoms with Crippen LogP contribution >= 0.6 is 0 Å². The van der Waals surface area contributed by atoms with Crippen LogP contribution in [0.1, 0.15) is 19.2 Å². The van der Waals surface area contributed by atoms with Gasteiger partial charge in [-0.15, -0.1) is 0 Å². The van der Waals surface area contributed by atoms with Gasteiger partial charge in [0.15, 0.2) is 6.10 Å². The summed E-state index contributed by atoms with van der Waals surface area (Å²) in [5.74, 6) is 0.813. The Morgan fingerprint density at radius 2 is 2.11 bits per heavy atom. The molecule has 1 aromatic rings. The van der Waals surface area contributed by atoms with Crippen molar-refractivity contribution in [2.75, 3.05) is 17.6 Å². The van der Waals surface area contributed by atoms with E-state index in [0.717, 1.165) is 6.42 Å². The van der Waals surface area contributed by atoms with Gasteiger partial charge in [-0.25, -0.2) is 9.97 Å². The summed E-state index contributed by atoms with van der Waals surface area (Å²) >= 11 is 0. The van der Waals surface area contributed by atoms with Crippen LogP contribution in [0.2, 0.25) is 0 Å². The summed E-state index contributed by atoms with van der Waals surface area (Å²) in [4.78, 5) is 7.94. The first-order chi connectivity index (χ1) is 8.32. The van der Waals surface area contributed by atoms with Crippen molar-refractivity contribution in [3.8, 4) is 0 Å². The van der Waals surface area contributed by atoms with Crippen LogP contribution in [0.3, 0.4) is 0 Å². The Balaban J connectivity index is 2.67. The van der Waals surface area contributed by atoms with Crippen molar-refractivity contribution in [2.45, 2.75) is 32.0 Å². The molecule has 102 valence electrons. The maximum Gasteiger partial charge on any atom is 0.416 e. The Bertz CT molecular complexity index is 397. The van der Waals surface area contributed by atoms with Crippen LogP contribution in [0.4, 0.5) is 24.8 Å². The molecular weight excluding hydrogens is 249 g/mol. The molecule has 1 rings (SSSR count). The van der Waals surface area contributed by atoms with E-state index in [4.69, 9.17) is 10.8 Å². The number of aliphatic hydroxyl groups excluding tert-OH is 1. The fraction of sp³-hybridized carbons (Fsp3) is 0.600. The lowest BCUT2D eigenvalue weighted by Crippen LogP contribution is -2.35. The summed E-state index contributed by atoms with van der Waals surface area (Å²) in [6.07, 6.45) is -5.71. The third-order valence-electron chi connectivity index (χ3n) is 2.12. The first kappa shape index (κ1) is 14.5. The highest BCUT2D eigenvalue weighted by Crippen LogP contribution is 2.20. The van der Waals surface area contributed by atoms with Crippen molar-refractivity contribution in [2.24, 2.45) is 0 Å². The molecular formula is C10H15F3N4O. The SMILES string of the molecule is CCCc1nc(N)cc(NCC(O)C(F)(F)F)n1. The number of nitrogens with zero attached hydrogens (tertiary/aromatic N) is 2. The second kappa shape index (κ2) is 5.85. The largest absolute Gasteiger partial charge is 0.416 e. The molecule has 0 saturated heterocycles. The number of nitrogens with one attached hydrogen (secondary N) is 1. The van der Waals surface area contributed by atoms with Gasteiger partial charge in [0.25, 0.3) is 0 Å². The van der Waals surface area contributed by atoms with Crippen LogP contribution in [0.25, 0.3) is 0 Å². The van der Waals surface area contributed by atoms with Crippen LogP contribution < -0.4 is 11.1 Å². The molecule has 4 N–H and O–H groups in total. The lowest BCUT2D eigenvalue weighted by Gasteiger charge is -2.15. The maximum atomic E-state index is 12.1. The number of aromatic nitrogens is 2. The second-order valence-corrected chi connectivity index (χ2v) is 3.78. The summed E-state index contributed by atoms with van der Waals surface area (Å²) in [6.45, 7) is 1.25. The predicted molar refractivity (Wildman–Crippen MR) is 61.0 cm³/mol. The van der Waals surface area contributed by atoms with Gasteiger partial charge in [0, 0.05) is 12.5 Å². The molecule has 0 aliphatic heterocycles. The number of hydrogen-bond donors (Lipinski definition) is 3. The molecule has 0 spiro atoms. The van der Waals surface area contributed by atoms with E-state index in [1.807, 2.05) is 6.92 Å². The van der Waals surface area contributed by atoms with Gasteiger partial charge < -0.3 is 16.2 Å². The zero-order valence-corrected chi connectivity index (χ0v) is 9.83. The Hall–Kier alpha value is -1.57. The molecule has 18 heavy (non-hydrogen) atoms. The molecule has 1 unspecified atom stereocenters. The molecule has 8 heteroatoms. The van der Waals surface area contributed by atoms with Crippen molar-refractivity contribution in [3.63, 3.8) is 0 Å². The Morgan fingerprint density at radius 3 is 2.67 bits per heavy atom. The van der Waals surface area contributed by atoms with Gasteiger partial charge >= 0.3 is 6.18 Å². The van der Waals surface area contributed by atoms with E-state index in [-0.39, 0.29) is 11.6 Å². The third kappa shape index (κ3) is 4.36. The van der Waals surface area contributed by atoms with E-state index in [0.29, 0.717) is 12.2 Å². The lowest BCUT2D eigenvalue weighted by molar-refractivity contribution is -0.198. The van der Waals surface area contributed by atoms with Crippen molar-refractivity contribution < 1.29 is 18.3 Å². The molecule has 0 fully saturated rings. The van der Waals surface area contributed by atoms with Crippen LogP contribution in [0.5, 0.6) is 0 Å². The van der Waals surface area contributed by atoms with E-state index < -0.39 is 18.8 Å². The maximum absolute atomic E-state index is 12.1. The number of nitrogens with two attached hydrogens (primary N) is 1. The fourth-order valence-corrected chi connectivity index (χ4v) is 1.26. The second-order valence-electron chi connectivity index (χ2n) is 3.78. The predicted octanol–water partition coefficient (Wildman–Crippen LogP) is 1.35. The van der Waals surface area contributed by atoms with Gasteiger partial charge in [-0.2, -0.15) is 13.2 Å². The van der Waals surface area contributed by atoms with Crippen molar-refractivity contribution in [3.05, 3.63) is 11.9 Å². The monoisotopic (exact) mass is 264 g/mol. The average Bonchev–Trinajstić information content (AvgIpc) is 2.24. The first-order valence-electron chi connectivity index (χ1n) is 5.45. The summed E-state index contributed by atoms with van der Waals surface area (Å²) in [6, 6.07) is 1.32. The van der Waals surface area contributed by atoms with Crippen LogP contribution in [0, 0.1) is 0 Å². The molecule has 0 aliphatic rings. The van der Waals surface area contributed by atoms with Gasteiger partial charge in [0.05, 0.1) is 6.54 Å². The summed E-state index contributed by atoms with van der Waals surface area (Å²) in [5.41, 5.74) is 5.51. The number of alkyl halides is 3. The summed E-state index contributed by atoms with van der Waals surface area (Å²) < 4.78 is 36.3. The number of anilines is 2. The first-order valence-corrected chi connectivity index (χ1v) is 5.45. The van der Waals surface area contributed by atoms with Crippen molar-refractivity contribution in [1.82, 2.24) is 9.97 Å². The normalized spacial score (nSPS) is 13.4. The number of nitrogen functional groups attached to an aromatic ring is 1. The summed E-state index contributed by atoms with van der Waals surface area (Å²) in [7, 11) is 0. The molecule has 0 bridgehead atoms. The quantitative estimate of drug-likeness (QED) is 0.747. The minimum absolute atomic E-state index is 0.175.